The van der Waals surface area contributed by atoms with Crippen molar-refractivity contribution in [3.8, 4) is 5.75 Å². The van der Waals surface area contributed by atoms with E-state index in [2.05, 4.69) is 6.92 Å². The second-order valence-electron chi connectivity index (χ2n) is 7.16. The number of benzene rings is 2. The highest BCUT2D eigenvalue weighted by Crippen LogP contribution is 2.29. The number of amides is 2. The predicted molar refractivity (Wildman–Crippen MR) is 110 cm³/mol. The second-order valence-corrected chi connectivity index (χ2v) is 7.16. The fourth-order valence-electron chi connectivity index (χ4n) is 3.70. The monoisotopic (exact) mass is 380 g/mol. The summed E-state index contributed by atoms with van der Waals surface area (Å²) in [4.78, 5) is 29.0. The average molecular weight is 380 g/mol. The normalized spacial score (nSPS) is 16.3. The molecule has 0 spiro atoms. The van der Waals surface area contributed by atoms with Gasteiger partial charge < -0.3 is 14.5 Å². The van der Waals surface area contributed by atoms with Crippen LogP contribution in [0.4, 0.5) is 5.69 Å². The molecule has 5 nitrogen and oxygen atoms in total. The van der Waals surface area contributed by atoms with Crippen molar-refractivity contribution < 1.29 is 14.3 Å². The summed E-state index contributed by atoms with van der Waals surface area (Å²) in [6.45, 7) is 5.62. The first-order valence-electron chi connectivity index (χ1n) is 9.88. The van der Waals surface area contributed by atoms with Crippen molar-refractivity contribution in [3.05, 3.63) is 59.7 Å². The molecule has 5 heteroatoms. The highest BCUT2D eigenvalue weighted by Gasteiger charge is 2.37. The van der Waals surface area contributed by atoms with Crippen LogP contribution < -0.4 is 9.64 Å². The zero-order valence-corrected chi connectivity index (χ0v) is 16.9. The first-order valence-corrected chi connectivity index (χ1v) is 9.88. The average Bonchev–Trinajstić information content (AvgIpc) is 3.10. The number of nitrogens with zero attached hydrogens (tertiary/aromatic N) is 2. The summed E-state index contributed by atoms with van der Waals surface area (Å²) in [6.07, 6.45) is 1.13. The van der Waals surface area contributed by atoms with Gasteiger partial charge in [-0.3, -0.25) is 9.59 Å². The van der Waals surface area contributed by atoms with E-state index in [-0.39, 0.29) is 24.2 Å². The number of hydrogen-bond donors (Lipinski definition) is 0. The Labute approximate surface area is 166 Å². The van der Waals surface area contributed by atoms with Crippen LogP contribution in [0, 0.1) is 5.92 Å². The zero-order chi connectivity index (χ0) is 20.1. The Hall–Kier alpha value is -2.82. The van der Waals surface area contributed by atoms with Gasteiger partial charge in [0, 0.05) is 32.2 Å². The minimum atomic E-state index is -0.301. The lowest BCUT2D eigenvalue weighted by atomic mass is 10.1. The quantitative estimate of drug-likeness (QED) is 0.737. The van der Waals surface area contributed by atoms with Gasteiger partial charge in [-0.25, -0.2) is 0 Å². The Morgan fingerprint density at radius 3 is 2.54 bits per heavy atom. The molecule has 0 aliphatic carbocycles. The molecule has 2 amide bonds. The summed E-state index contributed by atoms with van der Waals surface area (Å²) < 4.78 is 5.46. The molecular formula is C23H28N2O3. The van der Waals surface area contributed by atoms with Crippen LogP contribution >= 0.6 is 0 Å². The van der Waals surface area contributed by atoms with Gasteiger partial charge in [-0.05, 0) is 42.7 Å². The molecule has 1 atom stereocenters. The van der Waals surface area contributed by atoms with Crippen LogP contribution in [0.15, 0.2) is 48.5 Å². The topological polar surface area (TPSA) is 49.9 Å². The lowest BCUT2D eigenvalue weighted by molar-refractivity contribution is -0.135. The summed E-state index contributed by atoms with van der Waals surface area (Å²) in [5.41, 5.74) is 3.10. The molecule has 0 N–H and O–H groups in total. The Balaban J connectivity index is 1.65. The van der Waals surface area contributed by atoms with E-state index in [1.165, 1.54) is 0 Å². The smallest absolute Gasteiger partial charge is 0.228 e. The van der Waals surface area contributed by atoms with Gasteiger partial charge in [0.15, 0.2) is 0 Å². The minimum Gasteiger partial charge on any atom is -0.494 e. The summed E-state index contributed by atoms with van der Waals surface area (Å²) in [7, 11) is 1.80. The molecule has 1 heterocycles. The van der Waals surface area contributed by atoms with E-state index in [1.54, 1.807) is 16.8 Å². The molecule has 148 valence electrons. The van der Waals surface area contributed by atoms with Gasteiger partial charge in [-0.2, -0.15) is 0 Å². The highest BCUT2D eigenvalue weighted by atomic mass is 16.5. The van der Waals surface area contributed by atoms with Crippen molar-refractivity contribution >= 4 is 17.5 Å². The molecule has 0 saturated carbocycles. The third-order valence-electron chi connectivity index (χ3n) is 5.17. The Morgan fingerprint density at radius 2 is 1.86 bits per heavy atom. The molecule has 1 aliphatic rings. The van der Waals surface area contributed by atoms with Gasteiger partial charge in [0.05, 0.1) is 12.5 Å². The number of hydrogen-bond acceptors (Lipinski definition) is 3. The number of anilines is 1. The number of carbonyl (C=O) groups is 2. The van der Waals surface area contributed by atoms with E-state index in [4.69, 9.17) is 4.74 Å². The minimum absolute atomic E-state index is 0.0127. The van der Waals surface area contributed by atoms with E-state index < -0.39 is 0 Å². The zero-order valence-electron chi connectivity index (χ0n) is 16.9. The molecule has 0 bridgehead atoms. The maximum atomic E-state index is 12.9. The fourth-order valence-corrected chi connectivity index (χ4v) is 3.70. The van der Waals surface area contributed by atoms with Gasteiger partial charge in [0.2, 0.25) is 11.8 Å². The number of carbonyl (C=O) groups excluding carboxylic acids is 2. The summed E-state index contributed by atoms with van der Waals surface area (Å²) >= 11 is 0. The Bertz CT molecular complexity index is 832. The third kappa shape index (κ3) is 4.35. The van der Waals surface area contributed by atoms with Gasteiger partial charge in [-0.1, -0.05) is 37.3 Å². The maximum absolute atomic E-state index is 12.9. The molecule has 28 heavy (non-hydrogen) atoms. The molecule has 0 aromatic heterocycles. The molecule has 1 aliphatic heterocycles. The first-order chi connectivity index (χ1) is 13.5. The van der Waals surface area contributed by atoms with Crippen molar-refractivity contribution in [2.45, 2.75) is 33.2 Å². The summed E-state index contributed by atoms with van der Waals surface area (Å²) in [6, 6.07) is 15.7. The summed E-state index contributed by atoms with van der Waals surface area (Å²) in [5.74, 6) is 0.560. The van der Waals surface area contributed by atoms with E-state index >= 15 is 0 Å². The van der Waals surface area contributed by atoms with Crippen molar-refractivity contribution in [1.29, 1.82) is 0 Å². The van der Waals surface area contributed by atoms with Gasteiger partial charge >= 0.3 is 0 Å². The third-order valence-corrected chi connectivity index (χ3v) is 5.17. The second kappa shape index (κ2) is 8.91. The van der Waals surface area contributed by atoms with Crippen LogP contribution in [0.5, 0.6) is 5.75 Å². The van der Waals surface area contributed by atoms with Crippen LogP contribution in [0.3, 0.4) is 0 Å². The van der Waals surface area contributed by atoms with E-state index in [9.17, 15) is 9.59 Å². The molecule has 0 radical (unpaired) electrons. The summed E-state index contributed by atoms with van der Waals surface area (Å²) in [5, 5.41) is 0. The van der Waals surface area contributed by atoms with E-state index in [0.29, 0.717) is 19.7 Å². The van der Waals surface area contributed by atoms with Crippen molar-refractivity contribution in [1.82, 2.24) is 4.90 Å². The van der Waals surface area contributed by atoms with Crippen LogP contribution in [-0.4, -0.2) is 36.9 Å². The van der Waals surface area contributed by atoms with E-state index in [0.717, 1.165) is 29.0 Å². The van der Waals surface area contributed by atoms with Crippen molar-refractivity contribution in [2.24, 2.45) is 5.92 Å². The molecule has 2 aromatic rings. The van der Waals surface area contributed by atoms with Crippen molar-refractivity contribution in [2.75, 3.05) is 25.1 Å². The maximum Gasteiger partial charge on any atom is 0.228 e. The first kappa shape index (κ1) is 19.9. The van der Waals surface area contributed by atoms with Crippen molar-refractivity contribution in [3.63, 3.8) is 0 Å². The Morgan fingerprint density at radius 1 is 1.14 bits per heavy atom. The van der Waals surface area contributed by atoms with Gasteiger partial charge in [0.1, 0.15) is 5.75 Å². The van der Waals surface area contributed by atoms with Crippen LogP contribution in [0.2, 0.25) is 0 Å². The number of para-hydroxylation sites is 1. The van der Waals surface area contributed by atoms with Gasteiger partial charge in [-0.15, -0.1) is 0 Å². The standard InChI is InChI=1S/C23H28N2O3/c1-4-18-8-6-7-9-21(18)25-16-19(14-22(25)26)23(27)24(3)15-17-10-12-20(13-11-17)28-5-2/h6-13,19H,4-5,14-16H2,1-3H3. The lowest BCUT2D eigenvalue weighted by Crippen LogP contribution is -2.34. The molecule has 2 aromatic carbocycles. The predicted octanol–water partition coefficient (Wildman–Crippen LogP) is 3.66. The number of ether oxygens (including phenoxy) is 1. The molecule has 3 rings (SSSR count). The molecular weight excluding hydrogens is 352 g/mol. The molecule has 1 fully saturated rings. The Kier molecular flexibility index (Phi) is 6.34. The van der Waals surface area contributed by atoms with Crippen LogP contribution in [0.25, 0.3) is 0 Å². The van der Waals surface area contributed by atoms with Crippen LogP contribution in [-0.2, 0) is 22.6 Å². The number of rotatable bonds is 7. The molecule has 1 unspecified atom stereocenters. The van der Waals surface area contributed by atoms with E-state index in [1.807, 2.05) is 55.5 Å². The van der Waals surface area contributed by atoms with Gasteiger partial charge in [0.25, 0.3) is 0 Å². The molecule has 1 saturated heterocycles. The lowest BCUT2D eigenvalue weighted by Gasteiger charge is -2.22. The van der Waals surface area contributed by atoms with Crippen LogP contribution in [0.1, 0.15) is 31.4 Å². The largest absolute Gasteiger partial charge is 0.494 e. The fraction of sp³-hybridized carbons (Fsp3) is 0.391. The highest BCUT2D eigenvalue weighted by molar-refractivity contribution is 6.00. The SMILES string of the molecule is CCOc1ccc(CN(C)C(=O)C2CC(=O)N(c3ccccc3CC)C2)cc1. The number of aryl methyl sites for hydroxylation is 1.